The quantitative estimate of drug-likeness (QED) is 0.112. The summed E-state index contributed by atoms with van der Waals surface area (Å²) >= 11 is 2.88. The Bertz CT molecular complexity index is 601. The van der Waals surface area contributed by atoms with E-state index < -0.39 is 0 Å². The molecule has 1 aromatic rings. The van der Waals surface area contributed by atoms with Crippen molar-refractivity contribution in [2.45, 2.75) is 43.7 Å². The predicted octanol–water partition coefficient (Wildman–Crippen LogP) is 1.55. The molecule has 0 aliphatic heterocycles. The number of hydrogen-bond acceptors (Lipinski definition) is 9. The average Bonchev–Trinajstić information content (AvgIpc) is 3.23. The van der Waals surface area contributed by atoms with Gasteiger partial charge in [0.25, 0.3) is 0 Å². The fourth-order valence-electron chi connectivity index (χ4n) is 2.01. The van der Waals surface area contributed by atoms with Crippen molar-refractivity contribution in [3.63, 3.8) is 0 Å². The summed E-state index contributed by atoms with van der Waals surface area (Å²) in [5, 5.41) is 12.4. The van der Waals surface area contributed by atoms with Gasteiger partial charge in [0.05, 0.1) is 11.4 Å². The molecule has 140 valence electrons. The highest BCUT2D eigenvalue weighted by Crippen LogP contribution is 2.18. The molecule has 1 saturated carbocycles. The highest BCUT2D eigenvalue weighted by atomic mass is 127. The molecule has 2 aliphatic rings. The fourth-order valence-corrected chi connectivity index (χ4v) is 2.44. The van der Waals surface area contributed by atoms with Gasteiger partial charge in [0.1, 0.15) is 0 Å². The largest absolute Gasteiger partial charge is 0.377 e. The molecule has 0 spiro atoms. The summed E-state index contributed by atoms with van der Waals surface area (Å²) in [5.74, 6) is 4.36. The number of halogens is 1. The normalized spacial score (nSPS) is 15.4. The number of amidine groups is 1. The molecule has 3 rings (SSSR count). The van der Waals surface area contributed by atoms with Crippen LogP contribution >= 0.6 is 47.5 Å². The zero-order valence-corrected chi connectivity index (χ0v) is 18.2. The number of Topliss-reactive ketones (excluding diaryl/α,β-unsaturated/α-hetero) is 2. The van der Waals surface area contributed by atoms with Crippen molar-refractivity contribution >= 4 is 64.2 Å². The van der Waals surface area contributed by atoms with Crippen LogP contribution in [0.4, 0.5) is 0 Å². The Morgan fingerprint density at radius 3 is 1.96 bits per heavy atom. The predicted molar refractivity (Wildman–Crippen MR) is 112 cm³/mol. The van der Waals surface area contributed by atoms with Crippen LogP contribution in [0.1, 0.15) is 37.1 Å². The van der Waals surface area contributed by atoms with E-state index in [0.717, 1.165) is 35.8 Å². The topological polar surface area (TPSA) is 137 Å². The lowest BCUT2D eigenvalue weighted by atomic mass is 10.3. The summed E-state index contributed by atoms with van der Waals surface area (Å²) in [7, 11) is 0. The zero-order valence-electron chi connectivity index (χ0n) is 14.2. The van der Waals surface area contributed by atoms with E-state index in [1.165, 1.54) is 18.2 Å². The van der Waals surface area contributed by atoms with Crippen molar-refractivity contribution in [1.82, 2.24) is 15.2 Å². The molecule has 8 nitrogen and oxygen atoms in total. The number of aromatic nitrogens is 3. The van der Waals surface area contributed by atoms with E-state index in [1.807, 2.05) is 12.5 Å². The third-order valence-corrected chi connectivity index (χ3v) is 4.35. The molecule has 0 amide bonds. The second-order valence-electron chi connectivity index (χ2n) is 4.92. The molecule has 0 aromatic carbocycles. The molecule has 0 radical (unpaired) electrons. The molecule has 1 heterocycles. The lowest BCUT2D eigenvalue weighted by molar-refractivity contribution is -0.134. The summed E-state index contributed by atoms with van der Waals surface area (Å²) in [6.07, 6.45) is 8.86. The number of nitrogens with two attached hydrogens (primary N) is 2. The monoisotopic (exact) mass is 498 g/mol. The van der Waals surface area contributed by atoms with E-state index in [2.05, 4.69) is 20.3 Å². The van der Waals surface area contributed by atoms with Gasteiger partial charge in [0.2, 0.25) is 5.16 Å². The van der Waals surface area contributed by atoms with Crippen LogP contribution in [0.3, 0.4) is 0 Å². The zero-order chi connectivity index (χ0) is 17.9. The maximum Gasteiger partial charge on any atom is 0.209 e. The SMILES string of the molecule is CSC(N)=NN.CSc1nnc2c(n1)CCC2.I.O=C1CCCC1=O. The Hall–Kier alpha value is -0.950. The van der Waals surface area contributed by atoms with Crippen LogP contribution in [0.15, 0.2) is 10.3 Å². The molecule has 11 heteroatoms. The Kier molecular flexibility index (Phi) is 12.8. The minimum atomic E-state index is -0.181. The number of hydrazone groups is 1. The molecule has 2 aliphatic carbocycles. The van der Waals surface area contributed by atoms with Crippen LogP contribution in [0.2, 0.25) is 0 Å². The van der Waals surface area contributed by atoms with Crippen molar-refractivity contribution < 1.29 is 9.59 Å². The highest BCUT2D eigenvalue weighted by Gasteiger charge is 2.19. The first-order valence-electron chi connectivity index (χ1n) is 7.41. The number of rotatable bonds is 1. The van der Waals surface area contributed by atoms with Gasteiger partial charge in [-0.25, -0.2) is 4.98 Å². The number of nitrogens with zero attached hydrogens (tertiary/aromatic N) is 4. The number of fused-ring (bicyclic) bond motifs is 1. The molecular formula is C14H23IN6O2S2. The van der Waals surface area contributed by atoms with E-state index in [9.17, 15) is 9.59 Å². The average molecular weight is 498 g/mol. The second-order valence-corrected chi connectivity index (χ2v) is 6.52. The number of ketones is 2. The first kappa shape index (κ1) is 24.1. The maximum absolute atomic E-state index is 10.2. The van der Waals surface area contributed by atoms with Crippen LogP contribution in [-0.2, 0) is 22.4 Å². The van der Waals surface area contributed by atoms with E-state index >= 15 is 0 Å². The van der Waals surface area contributed by atoms with Crippen molar-refractivity contribution in [3.05, 3.63) is 11.4 Å². The van der Waals surface area contributed by atoms with Gasteiger partial charge >= 0.3 is 0 Å². The van der Waals surface area contributed by atoms with Crippen LogP contribution in [0.25, 0.3) is 0 Å². The van der Waals surface area contributed by atoms with Crippen LogP contribution in [0.5, 0.6) is 0 Å². The molecule has 0 atom stereocenters. The van der Waals surface area contributed by atoms with Gasteiger partial charge in [-0.15, -0.1) is 29.1 Å². The van der Waals surface area contributed by atoms with Crippen molar-refractivity contribution in [2.24, 2.45) is 16.7 Å². The molecule has 25 heavy (non-hydrogen) atoms. The van der Waals surface area contributed by atoms with Crippen LogP contribution in [-0.4, -0.2) is 44.4 Å². The summed E-state index contributed by atoms with van der Waals surface area (Å²) in [6.45, 7) is 0. The highest BCUT2D eigenvalue weighted by molar-refractivity contribution is 14.0. The molecule has 1 fully saturated rings. The smallest absolute Gasteiger partial charge is 0.209 e. The first-order chi connectivity index (χ1) is 11.5. The third kappa shape index (κ3) is 8.81. The van der Waals surface area contributed by atoms with Crippen LogP contribution in [0, 0.1) is 0 Å². The molecule has 0 bridgehead atoms. The number of carbonyl (C=O) groups excluding carboxylic acids is 2. The molecular weight excluding hydrogens is 475 g/mol. The van der Waals surface area contributed by atoms with E-state index in [-0.39, 0.29) is 35.5 Å². The van der Waals surface area contributed by atoms with Gasteiger partial charge in [0, 0.05) is 12.8 Å². The van der Waals surface area contributed by atoms with Crippen LogP contribution < -0.4 is 11.6 Å². The molecule has 0 unspecified atom stereocenters. The number of hydrogen-bond donors (Lipinski definition) is 2. The van der Waals surface area contributed by atoms with Gasteiger partial charge in [-0.05, 0) is 38.2 Å². The molecule has 0 saturated heterocycles. The standard InChI is InChI=1S/C7H9N3S.C5H6O2.C2H7N3S.HI/c1-11-7-8-5-3-2-4-6(5)9-10-7;6-4-2-1-3-5(4)7;1-6-2(3)5-4;/h2-4H2,1H3;1-3H2;4H2,1H3,(H2,3,5);1H. The second kappa shape index (κ2) is 13.3. The molecule has 4 N–H and O–H groups in total. The maximum atomic E-state index is 10.2. The summed E-state index contributed by atoms with van der Waals surface area (Å²) in [6, 6.07) is 0. The van der Waals surface area contributed by atoms with Gasteiger partial charge in [-0.2, -0.15) is 10.2 Å². The number of aryl methyl sites for hydroxylation is 2. The Morgan fingerprint density at radius 1 is 1.00 bits per heavy atom. The van der Waals surface area contributed by atoms with Crippen molar-refractivity contribution in [3.8, 4) is 0 Å². The van der Waals surface area contributed by atoms with E-state index in [4.69, 9.17) is 11.6 Å². The van der Waals surface area contributed by atoms with Gasteiger partial charge in [-0.3, -0.25) is 9.59 Å². The fraction of sp³-hybridized carbons (Fsp3) is 0.571. The molecule has 1 aromatic heterocycles. The lowest BCUT2D eigenvalue weighted by Gasteiger charge is -1.96. The van der Waals surface area contributed by atoms with Gasteiger partial charge in [0.15, 0.2) is 16.7 Å². The Labute approximate surface area is 172 Å². The Balaban J connectivity index is 0.000000362. The van der Waals surface area contributed by atoms with E-state index in [0.29, 0.717) is 18.0 Å². The number of thioether (sulfide) groups is 2. The summed E-state index contributed by atoms with van der Waals surface area (Å²) < 4.78 is 0. The number of carbonyl (C=O) groups is 2. The first-order valence-corrected chi connectivity index (χ1v) is 9.86. The van der Waals surface area contributed by atoms with Gasteiger partial charge in [-0.1, -0.05) is 23.5 Å². The summed E-state index contributed by atoms with van der Waals surface area (Å²) in [5.41, 5.74) is 7.32. The third-order valence-electron chi connectivity index (χ3n) is 3.28. The van der Waals surface area contributed by atoms with E-state index in [1.54, 1.807) is 11.8 Å². The Morgan fingerprint density at radius 2 is 1.56 bits per heavy atom. The minimum Gasteiger partial charge on any atom is -0.377 e. The minimum absolute atomic E-state index is 0. The van der Waals surface area contributed by atoms with Crippen molar-refractivity contribution in [1.29, 1.82) is 0 Å². The van der Waals surface area contributed by atoms with Gasteiger partial charge < -0.3 is 11.6 Å². The lowest BCUT2D eigenvalue weighted by Crippen LogP contribution is -2.07. The van der Waals surface area contributed by atoms with Crippen molar-refractivity contribution in [2.75, 3.05) is 12.5 Å². The summed E-state index contributed by atoms with van der Waals surface area (Å²) in [4.78, 5) is 24.8.